The van der Waals surface area contributed by atoms with Crippen LogP contribution in [0.2, 0.25) is 5.02 Å². The summed E-state index contributed by atoms with van der Waals surface area (Å²) in [6.45, 7) is 1.67. The van der Waals surface area contributed by atoms with Crippen molar-refractivity contribution in [2.24, 2.45) is 7.05 Å². The number of nitro groups is 1. The highest BCUT2D eigenvalue weighted by Crippen LogP contribution is 2.30. The lowest BCUT2D eigenvalue weighted by atomic mass is 10.1. The third-order valence-corrected chi connectivity index (χ3v) is 3.68. The van der Waals surface area contributed by atoms with Crippen LogP contribution in [0.25, 0.3) is 0 Å². The fourth-order valence-corrected chi connectivity index (χ4v) is 2.63. The summed E-state index contributed by atoms with van der Waals surface area (Å²) in [5.74, 6) is -0.323. The molecule has 1 amide bonds. The number of amides is 1. The van der Waals surface area contributed by atoms with Crippen LogP contribution in [0, 0.1) is 17.0 Å². The number of halogens is 2. The van der Waals surface area contributed by atoms with Crippen molar-refractivity contribution in [1.82, 2.24) is 4.57 Å². The van der Waals surface area contributed by atoms with E-state index in [4.69, 9.17) is 11.6 Å². The summed E-state index contributed by atoms with van der Waals surface area (Å²) in [7, 11) is 1.75. The second-order valence-electron chi connectivity index (χ2n) is 4.48. The van der Waals surface area contributed by atoms with Gasteiger partial charge in [0.25, 0.3) is 11.6 Å². The number of nitrogens with one attached hydrogen (secondary N) is 1. The number of aryl methyl sites for hydroxylation is 2. The quantitative estimate of drug-likeness (QED) is 0.655. The molecule has 1 aromatic carbocycles. The highest BCUT2D eigenvalue weighted by atomic mass is 79.9. The Hall–Kier alpha value is -1.86. The molecular weight excluding hydrogens is 362 g/mol. The monoisotopic (exact) mass is 371 g/mol. The number of carbonyl (C=O) groups excluding carboxylic acids is 1. The highest BCUT2D eigenvalue weighted by Gasteiger charge is 2.17. The number of anilines is 1. The number of rotatable bonds is 3. The van der Waals surface area contributed by atoms with Gasteiger partial charge in [0.05, 0.1) is 4.92 Å². The van der Waals surface area contributed by atoms with Crippen LogP contribution in [0.3, 0.4) is 0 Å². The summed E-state index contributed by atoms with van der Waals surface area (Å²) in [6, 6.07) is 4.39. The maximum atomic E-state index is 12.2. The standard InChI is InChI=1S/C13H11BrClN3O3/c1-7-3-11(18(20)21)9(15)5-10(7)16-13(19)12-4-8(14)6-17(12)2/h3-6H,1-2H3,(H,16,19). The van der Waals surface area contributed by atoms with Gasteiger partial charge in [-0.25, -0.2) is 0 Å². The number of nitrogens with zero attached hydrogens (tertiary/aromatic N) is 2. The van der Waals surface area contributed by atoms with Gasteiger partial charge in [0.15, 0.2) is 0 Å². The molecule has 1 N–H and O–H groups in total. The van der Waals surface area contributed by atoms with Gasteiger partial charge >= 0.3 is 0 Å². The first-order chi connectivity index (χ1) is 9.79. The van der Waals surface area contributed by atoms with Gasteiger partial charge in [0.1, 0.15) is 10.7 Å². The molecule has 6 nitrogen and oxygen atoms in total. The number of hydrogen-bond acceptors (Lipinski definition) is 3. The molecule has 1 aromatic heterocycles. The Kier molecular flexibility index (Phi) is 4.34. The predicted octanol–water partition coefficient (Wildman–Crippen LogP) is 3.91. The van der Waals surface area contributed by atoms with Crippen molar-refractivity contribution in [3.63, 3.8) is 0 Å². The minimum atomic E-state index is -0.560. The molecule has 2 aromatic rings. The summed E-state index contributed by atoms with van der Waals surface area (Å²) < 4.78 is 2.45. The average Bonchev–Trinajstić information content (AvgIpc) is 2.72. The fraction of sp³-hybridized carbons (Fsp3) is 0.154. The SMILES string of the molecule is Cc1cc([N+](=O)[O-])c(Cl)cc1NC(=O)c1cc(Br)cn1C. The van der Waals surface area contributed by atoms with Gasteiger partial charge in [-0.1, -0.05) is 11.6 Å². The van der Waals surface area contributed by atoms with E-state index in [1.807, 2.05) is 0 Å². The first-order valence-electron chi connectivity index (χ1n) is 5.87. The minimum absolute atomic E-state index is 0.0195. The Labute approximate surface area is 134 Å². The molecule has 8 heteroatoms. The lowest BCUT2D eigenvalue weighted by Crippen LogP contribution is -2.16. The zero-order valence-electron chi connectivity index (χ0n) is 11.2. The fourth-order valence-electron chi connectivity index (χ4n) is 1.88. The number of benzene rings is 1. The minimum Gasteiger partial charge on any atom is -0.345 e. The first kappa shape index (κ1) is 15.5. The van der Waals surface area contributed by atoms with Crippen LogP contribution in [0.5, 0.6) is 0 Å². The summed E-state index contributed by atoms with van der Waals surface area (Å²) in [4.78, 5) is 22.4. The van der Waals surface area contributed by atoms with Crippen molar-refractivity contribution in [1.29, 1.82) is 0 Å². The molecule has 110 valence electrons. The molecule has 0 aliphatic rings. The lowest BCUT2D eigenvalue weighted by molar-refractivity contribution is -0.384. The van der Waals surface area contributed by atoms with Gasteiger partial charge in [-0.15, -0.1) is 0 Å². The van der Waals surface area contributed by atoms with E-state index in [9.17, 15) is 14.9 Å². The Morgan fingerprint density at radius 1 is 1.43 bits per heavy atom. The number of aromatic nitrogens is 1. The third kappa shape index (κ3) is 3.25. The van der Waals surface area contributed by atoms with Crippen LogP contribution in [-0.4, -0.2) is 15.4 Å². The van der Waals surface area contributed by atoms with Gasteiger partial charge < -0.3 is 9.88 Å². The van der Waals surface area contributed by atoms with E-state index >= 15 is 0 Å². The van der Waals surface area contributed by atoms with E-state index in [2.05, 4.69) is 21.2 Å². The zero-order valence-corrected chi connectivity index (χ0v) is 13.5. The van der Waals surface area contributed by atoms with Crippen molar-refractivity contribution in [3.05, 3.63) is 55.3 Å². The first-order valence-corrected chi connectivity index (χ1v) is 7.04. The smallest absolute Gasteiger partial charge is 0.288 e. The molecule has 2 rings (SSSR count). The molecule has 0 fully saturated rings. The molecule has 0 bridgehead atoms. The molecule has 1 heterocycles. The maximum Gasteiger partial charge on any atom is 0.288 e. The molecule has 21 heavy (non-hydrogen) atoms. The molecule has 0 aliphatic carbocycles. The highest BCUT2D eigenvalue weighted by molar-refractivity contribution is 9.10. The van der Waals surface area contributed by atoms with Crippen LogP contribution in [0.1, 0.15) is 16.1 Å². The van der Waals surface area contributed by atoms with Gasteiger partial charge in [-0.3, -0.25) is 14.9 Å². The van der Waals surface area contributed by atoms with E-state index in [1.54, 1.807) is 30.8 Å². The topological polar surface area (TPSA) is 77.2 Å². The molecule has 0 atom stereocenters. The normalized spacial score (nSPS) is 10.5. The summed E-state index contributed by atoms with van der Waals surface area (Å²) in [5.41, 5.74) is 1.27. The van der Waals surface area contributed by atoms with E-state index in [0.717, 1.165) is 4.47 Å². The Morgan fingerprint density at radius 3 is 2.62 bits per heavy atom. The van der Waals surface area contributed by atoms with Gasteiger partial charge in [0, 0.05) is 29.5 Å². The molecule has 0 saturated heterocycles. The predicted molar refractivity (Wildman–Crippen MR) is 83.9 cm³/mol. The van der Waals surface area contributed by atoms with Crippen molar-refractivity contribution in [2.45, 2.75) is 6.92 Å². The van der Waals surface area contributed by atoms with Crippen molar-refractivity contribution in [3.8, 4) is 0 Å². The molecule has 0 unspecified atom stereocenters. The number of nitro benzene ring substituents is 1. The molecule has 0 saturated carbocycles. The Balaban J connectivity index is 2.32. The van der Waals surface area contributed by atoms with Crippen LogP contribution in [0.15, 0.2) is 28.9 Å². The largest absolute Gasteiger partial charge is 0.345 e. The third-order valence-electron chi connectivity index (χ3n) is 2.94. The van der Waals surface area contributed by atoms with Gasteiger partial charge in [-0.05, 0) is 40.5 Å². The summed E-state index contributed by atoms with van der Waals surface area (Å²) in [5, 5.41) is 13.5. The number of carbonyl (C=O) groups is 1. The average molecular weight is 373 g/mol. The van der Waals surface area contributed by atoms with Crippen LogP contribution >= 0.6 is 27.5 Å². The molecular formula is C13H11BrClN3O3. The van der Waals surface area contributed by atoms with Crippen LogP contribution in [-0.2, 0) is 7.05 Å². The Bertz CT molecular complexity index is 743. The van der Waals surface area contributed by atoms with Crippen molar-refractivity contribution < 1.29 is 9.72 Å². The second kappa shape index (κ2) is 5.87. The molecule has 0 spiro atoms. The van der Waals surface area contributed by atoms with Gasteiger partial charge in [-0.2, -0.15) is 0 Å². The van der Waals surface area contributed by atoms with Crippen LogP contribution < -0.4 is 5.32 Å². The summed E-state index contributed by atoms with van der Waals surface area (Å²) in [6.07, 6.45) is 1.75. The zero-order chi connectivity index (χ0) is 15.7. The molecule has 0 aliphatic heterocycles. The molecule has 0 radical (unpaired) electrons. The van der Waals surface area contributed by atoms with E-state index < -0.39 is 4.92 Å². The van der Waals surface area contributed by atoms with E-state index in [1.165, 1.54) is 12.1 Å². The van der Waals surface area contributed by atoms with Crippen molar-refractivity contribution >= 4 is 44.8 Å². The van der Waals surface area contributed by atoms with Gasteiger partial charge in [0.2, 0.25) is 0 Å². The number of hydrogen-bond donors (Lipinski definition) is 1. The van der Waals surface area contributed by atoms with E-state index in [-0.39, 0.29) is 16.6 Å². The summed E-state index contributed by atoms with van der Waals surface area (Å²) >= 11 is 9.15. The van der Waals surface area contributed by atoms with Crippen molar-refractivity contribution in [2.75, 3.05) is 5.32 Å². The second-order valence-corrected chi connectivity index (χ2v) is 5.81. The Morgan fingerprint density at radius 2 is 2.10 bits per heavy atom. The maximum absolute atomic E-state index is 12.2. The lowest BCUT2D eigenvalue weighted by Gasteiger charge is -2.09. The van der Waals surface area contributed by atoms with E-state index in [0.29, 0.717) is 16.9 Å². The van der Waals surface area contributed by atoms with Crippen LogP contribution in [0.4, 0.5) is 11.4 Å².